The quantitative estimate of drug-likeness (QED) is 0.653. The number of amides is 1. The van der Waals surface area contributed by atoms with E-state index in [9.17, 15) is 9.90 Å². The number of aromatic nitrogens is 6. The van der Waals surface area contributed by atoms with E-state index in [1.54, 1.807) is 15.8 Å². The molecule has 0 spiro atoms. The molecular weight excluding hydrogens is 334 g/mol. The van der Waals surface area contributed by atoms with Gasteiger partial charge in [0.25, 0.3) is 0 Å². The van der Waals surface area contributed by atoms with Gasteiger partial charge in [-0.2, -0.15) is 4.68 Å². The van der Waals surface area contributed by atoms with E-state index in [0.717, 1.165) is 17.1 Å². The number of benzene rings is 1. The molecule has 9 heteroatoms. The molecule has 0 unspecified atom stereocenters. The van der Waals surface area contributed by atoms with Gasteiger partial charge in [-0.15, -0.1) is 5.10 Å². The fourth-order valence-electron chi connectivity index (χ4n) is 2.64. The molecule has 3 rings (SSSR count). The van der Waals surface area contributed by atoms with Gasteiger partial charge in [0.15, 0.2) is 5.82 Å². The fourth-order valence-corrected chi connectivity index (χ4v) is 2.64. The second kappa shape index (κ2) is 7.87. The van der Waals surface area contributed by atoms with E-state index >= 15 is 0 Å². The van der Waals surface area contributed by atoms with Crippen molar-refractivity contribution in [1.29, 1.82) is 0 Å². The predicted molar refractivity (Wildman–Crippen MR) is 93.3 cm³/mol. The van der Waals surface area contributed by atoms with Crippen LogP contribution < -0.4 is 0 Å². The lowest BCUT2D eigenvalue weighted by Crippen LogP contribution is -2.35. The van der Waals surface area contributed by atoms with Crippen molar-refractivity contribution in [2.24, 2.45) is 7.05 Å². The number of tetrazole rings is 1. The van der Waals surface area contributed by atoms with Crippen molar-refractivity contribution in [3.05, 3.63) is 53.9 Å². The molecule has 26 heavy (non-hydrogen) atoms. The number of rotatable bonds is 7. The summed E-state index contributed by atoms with van der Waals surface area (Å²) in [6, 6.07) is 7.51. The van der Waals surface area contributed by atoms with E-state index in [1.807, 2.05) is 49.0 Å². The van der Waals surface area contributed by atoms with Crippen LogP contribution in [0.2, 0.25) is 0 Å². The highest BCUT2D eigenvalue weighted by Crippen LogP contribution is 2.12. The highest BCUT2D eigenvalue weighted by Gasteiger charge is 2.16. The van der Waals surface area contributed by atoms with Crippen molar-refractivity contribution >= 4 is 5.91 Å². The first-order valence-electron chi connectivity index (χ1n) is 8.27. The Kier molecular flexibility index (Phi) is 5.37. The Morgan fingerprint density at radius 2 is 2.04 bits per heavy atom. The minimum absolute atomic E-state index is 0.0617. The smallest absolute Gasteiger partial charge is 0.227 e. The third kappa shape index (κ3) is 3.94. The van der Waals surface area contributed by atoms with Gasteiger partial charge in [0.05, 0.1) is 25.3 Å². The summed E-state index contributed by atoms with van der Waals surface area (Å²) in [6.07, 6.45) is 3.77. The summed E-state index contributed by atoms with van der Waals surface area (Å²) in [5.41, 5.74) is 1.72. The molecule has 0 saturated carbocycles. The highest BCUT2D eigenvalue weighted by atomic mass is 16.3. The van der Waals surface area contributed by atoms with Crippen LogP contribution >= 0.6 is 0 Å². The monoisotopic (exact) mass is 355 g/mol. The number of hydrogen-bond acceptors (Lipinski definition) is 6. The lowest BCUT2D eigenvalue weighted by molar-refractivity contribution is -0.131. The van der Waals surface area contributed by atoms with Crippen LogP contribution in [-0.2, 0) is 24.8 Å². The summed E-state index contributed by atoms with van der Waals surface area (Å²) >= 11 is 0. The van der Waals surface area contributed by atoms with E-state index in [-0.39, 0.29) is 25.5 Å². The highest BCUT2D eigenvalue weighted by molar-refractivity contribution is 5.78. The largest absolute Gasteiger partial charge is 0.395 e. The molecule has 0 radical (unpaired) electrons. The van der Waals surface area contributed by atoms with Crippen LogP contribution in [0, 0.1) is 6.92 Å². The third-order valence-corrected chi connectivity index (χ3v) is 4.14. The number of aliphatic hydroxyl groups is 1. The van der Waals surface area contributed by atoms with Crippen molar-refractivity contribution < 1.29 is 9.90 Å². The SMILES string of the molecule is Cc1nnnn1-c1ccc(CC(=O)N(CCO)Cc2nccn2C)cc1. The van der Waals surface area contributed by atoms with Crippen molar-refractivity contribution in [3.8, 4) is 5.69 Å². The molecule has 136 valence electrons. The Bertz CT molecular complexity index is 869. The molecule has 1 N–H and O–H groups in total. The molecule has 0 aliphatic carbocycles. The third-order valence-electron chi connectivity index (χ3n) is 4.14. The van der Waals surface area contributed by atoms with Crippen LogP contribution in [0.15, 0.2) is 36.7 Å². The molecular formula is C17H21N7O2. The summed E-state index contributed by atoms with van der Waals surface area (Å²) in [5, 5.41) is 20.7. The van der Waals surface area contributed by atoms with E-state index in [0.29, 0.717) is 12.4 Å². The van der Waals surface area contributed by atoms with Gasteiger partial charge < -0.3 is 14.6 Å². The maximum atomic E-state index is 12.6. The molecule has 3 aromatic rings. The first kappa shape index (κ1) is 17.7. The Balaban J connectivity index is 1.69. The zero-order valence-electron chi connectivity index (χ0n) is 14.8. The Morgan fingerprint density at radius 3 is 2.62 bits per heavy atom. The number of carbonyl (C=O) groups is 1. The topological polar surface area (TPSA) is 102 Å². The zero-order chi connectivity index (χ0) is 18.5. The normalized spacial score (nSPS) is 10.9. The summed E-state index contributed by atoms with van der Waals surface area (Å²) in [6.45, 7) is 2.37. The van der Waals surface area contributed by atoms with Crippen molar-refractivity contribution in [2.45, 2.75) is 19.9 Å². The van der Waals surface area contributed by atoms with Crippen LogP contribution in [0.25, 0.3) is 5.69 Å². The molecule has 0 bridgehead atoms. The number of nitrogens with zero attached hydrogens (tertiary/aromatic N) is 7. The average Bonchev–Trinajstić information content (AvgIpc) is 3.24. The van der Waals surface area contributed by atoms with E-state index in [4.69, 9.17) is 0 Å². The van der Waals surface area contributed by atoms with E-state index < -0.39 is 0 Å². The number of hydrogen-bond donors (Lipinski definition) is 1. The van der Waals surface area contributed by atoms with Gasteiger partial charge in [-0.3, -0.25) is 4.79 Å². The lowest BCUT2D eigenvalue weighted by atomic mass is 10.1. The maximum absolute atomic E-state index is 12.6. The first-order chi connectivity index (χ1) is 12.6. The number of aryl methyl sites for hydroxylation is 2. The van der Waals surface area contributed by atoms with Gasteiger partial charge in [-0.25, -0.2) is 4.98 Å². The Labute approximate surface area is 150 Å². The minimum Gasteiger partial charge on any atom is -0.395 e. The number of aliphatic hydroxyl groups excluding tert-OH is 1. The molecule has 2 aromatic heterocycles. The minimum atomic E-state index is -0.0896. The van der Waals surface area contributed by atoms with Crippen molar-refractivity contribution in [3.63, 3.8) is 0 Å². The summed E-state index contributed by atoms with van der Waals surface area (Å²) in [4.78, 5) is 18.5. The molecule has 1 aromatic carbocycles. The Hall–Kier alpha value is -3.07. The van der Waals surface area contributed by atoms with Gasteiger partial charge in [0.1, 0.15) is 5.82 Å². The average molecular weight is 355 g/mol. The molecule has 1 amide bonds. The summed E-state index contributed by atoms with van der Waals surface area (Å²) in [5.74, 6) is 1.41. The van der Waals surface area contributed by atoms with E-state index in [2.05, 4.69) is 20.5 Å². The predicted octanol–water partition coefficient (Wildman–Crippen LogP) is 0.268. The molecule has 0 aliphatic heterocycles. The first-order valence-corrected chi connectivity index (χ1v) is 8.27. The van der Waals surface area contributed by atoms with Gasteiger partial charge in [-0.05, 0) is 35.0 Å². The Morgan fingerprint density at radius 1 is 1.27 bits per heavy atom. The molecule has 0 saturated heterocycles. The van der Waals surface area contributed by atoms with Crippen LogP contribution in [0.4, 0.5) is 0 Å². The van der Waals surface area contributed by atoms with Crippen LogP contribution in [0.1, 0.15) is 17.2 Å². The van der Waals surface area contributed by atoms with Gasteiger partial charge in [0, 0.05) is 26.0 Å². The second-order valence-corrected chi connectivity index (χ2v) is 5.97. The van der Waals surface area contributed by atoms with E-state index in [1.165, 1.54) is 0 Å². The maximum Gasteiger partial charge on any atom is 0.227 e. The van der Waals surface area contributed by atoms with Crippen molar-refractivity contribution in [1.82, 2.24) is 34.7 Å². The van der Waals surface area contributed by atoms with Crippen LogP contribution in [-0.4, -0.2) is 58.8 Å². The zero-order valence-corrected chi connectivity index (χ0v) is 14.8. The molecule has 0 atom stereocenters. The van der Waals surface area contributed by atoms with Gasteiger partial charge >= 0.3 is 0 Å². The van der Waals surface area contributed by atoms with Crippen LogP contribution in [0.3, 0.4) is 0 Å². The lowest BCUT2D eigenvalue weighted by Gasteiger charge is -2.21. The molecule has 0 fully saturated rings. The van der Waals surface area contributed by atoms with Gasteiger partial charge in [-0.1, -0.05) is 12.1 Å². The summed E-state index contributed by atoms with van der Waals surface area (Å²) in [7, 11) is 1.88. The molecule has 2 heterocycles. The van der Waals surface area contributed by atoms with Crippen LogP contribution in [0.5, 0.6) is 0 Å². The molecule has 9 nitrogen and oxygen atoms in total. The molecule has 0 aliphatic rings. The summed E-state index contributed by atoms with van der Waals surface area (Å²) < 4.78 is 3.49. The number of imidazole rings is 1. The van der Waals surface area contributed by atoms with Gasteiger partial charge in [0.2, 0.25) is 5.91 Å². The standard InChI is InChI=1S/C17H21N7O2/c1-13-19-20-21-24(13)15-5-3-14(4-6-15)11-17(26)23(9-10-25)12-16-18-7-8-22(16)2/h3-8,25H,9-12H2,1-2H3. The second-order valence-electron chi connectivity index (χ2n) is 5.97. The fraction of sp³-hybridized carbons (Fsp3) is 0.353. The van der Waals surface area contributed by atoms with Crippen molar-refractivity contribution in [2.75, 3.05) is 13.2 Å². The number of carbonyl (C=O) groups excluding carboxylic acids is 1.